The zero-order valence-electron chi connectivity index (χ0n) is 33.6. The first-order valence-corrected chi connectivity index (χ1v) is 23.6. The van der Waals surface area contributed by atoms with E-state index in [4.69, 9.17) is 37.3 Å². The van der Waals surface area contributed by atoms with E-state index in [-0.39, 0.29) is 35.2 Å². The zero-order chi connectivity index (χ0) is 38.9. The van der Waals surface area contributed by atoms with Crippen molar-refractivity contribution in [1.29, 1.82) is 0 Å². The molecule has 2 aromatic carbocycles. The molecule has 3 rings (SSSR count). The summed E-state index contributed by atoms with van der Waals surface area (Å²) in [5, 5.41) is 25.1. The lowest BCUT2D eigenvalue weighted by molar-refractivity contribution is -0.124. The summed E-state index contributed by atoms with van der Waals surface area (Å²) in [4.78, 5) is 0. The molecule has 0 spiro atoms. The Kier molecular flexibility index (Phi) is 14.1. The van der Waals surface area contributed by atoms with Crippen molar-refractivity contribution in [2.24, 2.45) is 5.92 Å². The number of benzene rings is 2. The Morgan fingerprint density at radius 1 is 0.843 bits per heavy atom. The normalized spacial score (nSPS) is 16.7. The van der Waals surface area contributed by atoms with Gasteiger partial charge in [-0.3, -0.25) is 0 Å². The standard InChI is InChI=1S/C38H63BrO10Si2/c1-22(2)51(23(3)4,24(5)6)49-36(26-17-28(43-13)33(44-14)30(18-26)48-50(15,16)37(8,9)10)38(11,41)25(7)32(40)27-19-29-34(47-21-45-29)35(31(27)39)46-20-42-12/h17-19,22-25,32,36,40-41H,20-21H2,1-16H3/t25-,32+,36+,38+/m0/s1. The van der Waals surface area contributed by atoms with E-state index in [2.05, 4.69) is 91.3 Å². The van der Waals surface area contributed by atoms with Crippen molar-refractivity contribution in [3.8, 4) is 34.5 Å². The SMILES string of the molecule is COCOc1c(Br)c([C@H](O)[C@H](C)[C@@](C)(O)[C@H](O[Si](C(C)C)(C(C)C)C(C)C)c2cc(OC)c(OC)c(O[Si](C)(C)C(C)(C)C)c2)cc2c1OCO2. The molecule has 2 N–H and O–H groups in total. The molecule has 0 radical (unpaired) electrons. The van der Waals surface area contributed by atoms with Crippen molar-refractivity contribution in [3.05, 3.63) is 33.8 Å². The van der Waals surface area contributed by atoms with E-state index in [0.717, 1.165) is 0 Å². The quantitative estimate of drug-likeness (QED) is 0.118. The molecule has 0 bridgehead atoms. The van der Waals surface area contributed by atoms with Gasteiger partial charge in [0.2, 0.25) is 26.6 Å². The maximum absolute atomic E-state index is 13.0. The summed E-state index contributed by atoms with van der Waals surface area (Å²) in [5.74, 6) is 1.87. The van der Waals surface area contributed by atoms with Crippen LogP contribution in [0, 0.1) is 5.92 Å². The molecular formula is C38H63BrO10Si2. The van der Waals surface area contributed by atoms with Crippen molar-refractivity contribution >= 4 is 32.6 Å². The smallest absolute Gasteiger partial charge is 0.250 e. The predicted molar refractivity (Wildman–Crippen MR) is 210 cm³/mol. The molecule has 2 aromatic rings. The summed E-state index contributed by atoms with van der Waals surface area (Å²) in [6.45, 7) is 27.7. The van der Waals surface area contributed by atoms with Crippen molar-refractivity contribution < 1.29 is 47.5 Å². The second kappa shape index (κ2) is 16.6. The molecule has 0 amide bonds. The third kappa shape index (κ3) is 8.55. The van der Waals surface area contributed by atoms with Gasteiger partial charge in [0.25, 0.3) is 8.32 Å². The number of rotatable bonds is 17. The van der Waals surface area contributed by atoms with Crippen LogP contribution in [0.3, 0.4) is 0 Å². The van der Waals surface area contributed by atoms with Gasteiger partial charge in [-0.2, -0.15) is 0 Å². The zero-order valence-corrected chi connectivity index (χ0v) is 37.2. The van der Waals surface area contributed by atoms with Crippen LogP contribution in [-0.4, -0.2) is 67.4 Å². The Morgan fingerprint density at radius 2 is 1.41 bits per heavy atom. The van der Waals surface area contributed by atoms with Crippen LogP contribution in [0.4, 0.5) is 0 Å². The fraction of sp³-hybridized carbons (Fsp3) is 0.684. The third-order valence-corrected chi connectivity index (χ3v) is 22.3. The monoisotopic (exact) mass is 814 g/mol. The van der Waals surface area contributed by atoms with E-state index in [0.29, 0.717) is 50.1 Å². The highest BCUT2D eigenvalue weighted by Crippen LogP contribution is 2.55. The highest BCUT2D eigenvalue weighted by molar-refractivity contribution is 9.10. The minimum Gasteiger partial charge on any atom is -0.541 e. The predicted octanol–water partition coefficient (Wildman–Crippen LogP) is 9.92. The molecule has 0 saturated heterocycles. The third-order valence-electron chi connectivity index (χ3n) is 11.1. The first kappa shape index (κ1) is 43.4. The molecule has 13 heteroatoms. The van der Waals surface area contributed by atoms with Crippen molar-refractivity contribution in [1.82, 2.24) is 0 Å². The molecule has 4 atom stereocenters. The molecular weight excluding hydrogens is 752 g/mol. The summed E-state index contributed by atoms with van der Waals surface area (Å²) in [6, 6.07) is 5.51. The Hall–Kier alpha value is -2.01. The number of methoxy groups -OCH3 is 3. The lowest BCUT2D eigenvalue weighted by Gasteiger charge is -2.49. The van der Waals surface area contributed by atoms with E-state index >= 15 is 0 Å². The van der Waals surface area contributed by atoms with Gasteiger partial charge in [-0.1, -0.05) is 69.2 Å². The fourth-order valence-electron chi connectivity index (χ4n) is 7.04. The number of halogens is 1. The second-order valence-corrected chi connectivity index (χ2v) is 27.2. The van der Waals surface area contributed by atoms with Crippen LogP contribution in [0.25, 0.3) is 0 Å². The highest BCUT2D eigenvalue weighted by Gasteiger charge is 2.53. The number of ether oxygens (including phenoxy) is 6. The van der Waals surface area contributed by atoms with Crippen LogP contribution in [0.15, 0.2) is 22.7 Å². The molecule has 0 saturated carbocycles. The Morgan fingerprint density at radius 3 is 1.90 bits per heavy atom. The largest absolute Gasteiger partial charge is 0.541 e. The molecule has 0 fully saturated rings. The number of aliphatic hydroxyl groups excluding tert-OH is 1. The average Bonchev–Trinajstić information content (AvgIpc) is 3.50. The van der Waals surface area contributed by atoms with Crippen LogP contribution in [0.5, 0.6) is 34.5 Å². The minimum atomic E-state index is -2.66. The van der Waals surface area contributed by atoms with Gasteiger partial charge >= 0.3 is 0 Å². The van der Waals surface area contributed by atoms with Gasteiger partial charge in [0.05, 0.1) is 36.5 Å². The minimum absolute atomic E-state index is 0.0126. The lowest BCUT2D eigenvalue weighted by atomic mass is 9.77. The summed E-state index contributed by atoms with van der Waals surface area (Å²) in [7, 11) is -0.314. The van der Waals surface area contributed by atoms with Crippen LogP contribution in [0.2, 0.25) is 34.8 Å². The van der Waals surface area contributed by atoms with Gasteiger partial charge in [0.1, 0.15) is 0 Å². The summed E-state index contributed by atoms with van der Waals surface area (Å²) < 4.78 is 49.1. The summed E-state index contributed by atoms with van der Waals surface area (Å²) >= 11 is 3.65. The van der Waals surface area contributed by atoms with Crippen molar-refractivity contribution in [2.75, 3.05) is 34.9 Å². The Bertz CT molecular complexity index is 1470. The van der Waals surface area contributed by atoms with Gasteiger partial charge < -0.3 is 47.5 Å². The molecule has 290 valence electrons. The van der Waals surface area contributed by atoms with Crippen LogP contribution < -0.4 is 28.1 Å². The van der Waals surface area contributed by atoms with Crippen molar-refractivity contribution in [3.63, 3.8) is 0 Å². The maximum atomic E-state index is 13.0. The van der Waals surface area contributed by atoms with Crippen LogP contribution >= 0.6 is 15.9 Å². The Balaban J connectivity index is 2.32. The topological polar surface area (TPSA) is 114 Å². The molecule has 0 aliphatic carbocycles. The molecule has 10 nitrogen and oxygen atoms in total. The first-order chi connectivity index (χ1) is 23.5. The van der Waals surface area contributed by atoms with Gasteiger partial charge in [0.15, 0.2) is 29.8 Å². The first-order valence-electron chi connectivity index (χ1n) is 17.8. The van der Waals surface area contributed by atoms with E-state index < -0.39 is 40.4 Å². The second-order valence-electron chi connectivity index (χ2n) is 16.3. The molecule has 0 unspecified atom stereocenters. The number of hydrogen-bond donors (Lipinski definition) is 2. The van der Waals surface area contributed by atoms with E-state index in [1.807, 2.05) is 19.1 Å². The van der Waals surface area contributed by atoms with Gasteiger partial charge in [-0.15, -0.1) is 0 Å². The van der Waals surface area contributed by atoms with Gasteiger partial charge in [-0.05, 0) is 81.4 Å². The van der Waals surface area contributed by atoms with Crippen LogP contribution in [0.1, 0.15) is 99.5 Å². The van der Waals surface area contributed by atoms with E-state index in [9.17, 15) is 10.2 Å². The molecule has 1 aliphatic rings. The molecule has 51 heavy (non-hydrogen) atoms. The fourth-order valence-corrected chi connectivity index (χ4v) is 14.3. The van der Waals surface area contributed by atoms with Gasteiger partial charge in [0, 0.05) is 18.6 Å². The van der Waals surface area contributed by atoms with Gasteiger partial charge in [-0.25, -0.2) is 0 Å². The molecule has 1 heterocycles. The molecule has 1 aliphatic heterocycles. The maximum Gasteiger partial charge on any atom is 0.250 e. The lowest BCUT2D eigenvalue weighted by Crippen LogP contribution is -2.54. The van der Waals surface area contributed by atoms with E-state index in [1.165, 1.54) is 7.11 Å². The van der Waals surface area contributed by atoms with E-state index in [1.54, 1.807) is 27.2 Å². The number of aliphatic hydroxyl groups is 2. The summed E-state index contributed by atoms with van der Waals surface area (Å²) in [5.41, 5.74) is 0.116. The summed E-state index contributed by atoms with van der Waals surface area (Å²) in [6.07, 6.45) is -2.10. The van der Waals surface area contributed by atoms with Crippen molar-refractivity contribution in [2.45, 2.75) is 129 Å². The highest BCUT2D eigenvalue weighted by atomic mass is 79.9. The number of hydrogen-bond acceptors (Lipinski definition) is 10. The Labute approximate surface area is 316 Å². The molecule has 0 aromatic heterocycles. The van der Waals surface area contributed by atoms with Crippen LogP contribution in [-0.2, 0) is 9.16 Å². The average molecular weight is 816 g/mol. The number of fused-ring (bicyclic) bond motifs is 1.